The molecular weight excluding hydrogens is 392 g/mol. The monoisotopic (exact) mass is 416 g/mol. The third-order valence-corrected chi connectivity index (χ3v) is 6.61. The van der Waals surface area contributed by atoms with E-state index < -0.39 is 10.0 Å². The Morgan fingerprint density at radius 1 is 0.897 bits per heavy atom. The standard InChI is InChI=1S/C21H24N2O5S/c1-3-23(4-2)29(25,26)20-11-5-8-17(14-20)21(24)22(15-18-9-6-12-27-18)16-19-10-7-13-28-19/h5-14H,3-4,15-16H2,1-2H3. The van der Waals surface area contributed by atoms with Crippen LogP contribution >= 0.6 is 0 Å². The van der Waals surface area contributed by atoms with Crippen LogP contribution in [0.3, 0.4) is 0 Å². The Balaban J connectivity index is 1.91. The Morgan fingerprint density at radius 2 is 1.48 bits per heavy atom. The molecule has 0 unspecified atom stereocenters. The first kappa shape index (κ1) is 20.9. The van der Waals surface area contributed by atoms with Gasteiger partial charge in [-0.3, -0.25) is 4.79 Å². The summed E-state index contributed by atoms with van der Waals surface area (Å²) in [6, 6.07) is 13.2. The van der Waals surface area contributed by atoms with Crippen LogP contribution in [-0.4, -0.2) is 36.6 Å². The van der Waals surface area contributed by atoms with Gasteiger partial charge in [-0.05, 0) is 42.5 Å². The van der Waals surface area contributed by atoms with Gasteiger partial charge in [0.2, 0.25) is 10.0 Å². The maximum absolute atomic E-state index is 13.2. The lowest BCUT2D eigenvalue weighted by Crippen LogP contribution is -2.32. The fourth-order valence-electron chi connectivity index (χ4n) is 3.07. The maximum atomic E-state index is 13.2. The topological polar surface area (TPSA) is 84.0 Å². The molecule has 0 aliphatic rings. The summed E-state index contributed by atoms with van der Waals surface area (Å²) < 4.78 is 37.8. The molecule has 2 heterocycles. The number of hydrogen-bond acceptors (Lipinski definition) is 5. The van der Waals surface area contributed by atoms with E-state index in [0.717, 1.165) is 0 Å². The molecule has 3 rings (SSSR count). The number of furan rings is 2. The van der Waals surface area contributed by atoms with Gasteiger partial charge in [-0.2, -0.15) is 4.31 Å². The molecule has 0 spiro atoms. The molecule has 0 saturated carbocycles. The summed E-state index contributed by atoms with van der Waals surface area (Å²) in [5.74, 6) is 0.933. The van der Waals surface area contributed by atoms with Crippen molar-refractivity contribution in [2.45, 2.75) is 31.8 Å². The van der Waals surface area contributed by atoms with Gasteiger partial charge >= 0.3 is 0 Å². The highest BCUT2D eigenvalue weighted by atomic mass is 32.2. The molecule has 3 aromatic rings. The lowest BCUT2D eigenvalue weighted by molar-refractivity contribution is 0.0704. The molecule has 7 nitrogen and oxygen atoms in total. The Labute approximate surface area is 170 Å². The minimum Gasteiger partial charge on any atom is -0.467 e. The molecule has 1 aromatic carbocycles. The Hall–Kier alpha value is -2.84. The number of sulfonamides is 1. The van der Waals surface area contributed by atoms with Crippen molar-refractivity contribution in [3.63, 3.8) is 0 Å². The minimum atomic E-state index is -3.66. The van der Waals surface area contributed by atoms with Crippen molar-refractivity contribution in [1.29, 1.82) is 0 Å². The Bertz CT molecular complexity index is 987. The van der Waals surface area contributed by atoms with Gasteiger partial charge in [0.25, 0.3) is 5.91 Å². The van der Waals surface area contributed by atoms with E-state index in [4.69, 9.17) is 8.83 Å². The zero-order chi connectivity index (χ0) is 20.9. The van der Waals surface area contributed by atoms with Gasteiger partial charge in [0.05, 0.1) is 30.5 Å². The van der Waals surface area contributed by atoms with Crippen LogP contribution in [0.2, 0.25) is 0 Å². The largest absolute Gasteiger partial charge is 0.467 e. The Morgan fingerprint density at radius 3 is 1.97 bits per heavy atom. The SMILES string of the molecule is CCN(CC)S(=O)(=O)c1cccc(C(=O)N(Cc2ccco2)Cc2ccco2)c1. The molecule has 0 N–H and O–H groups in total. The fraction of sp³-hybridized carbons (Fsp3) is 0.286. The number of nitrogens with zero attached hydrogens (tertiary/aromatic N) is 2. The molecular formula is C21H24N2O5S. The van der Waals surface area contributed by atoms with Crippen LogP contribution in [0, 0.1) is 0 Å². The van der Waals surface area contributed by atoms with Gasteiger partial charge in [0, 0.05) is 18.7 Å². The van der Waals surface area contributed by atoms with Gasteiger partial charge in [0.1, 0.15) is 11.5 Å². The van der Waals surface area contributed by atoms with Crippen LogP contribution in [0.5, 0.6) is 0 Å². The summed E-state index contributed by atoms with van der Waals surface area (Å²) in [4.78, 5) is 14.9. The predicted molar refractivity (Wildman–Crippen MR) is 108 cm³/mol. The first-order chi connectivity index (χ1) is 14.0. The van der Waals surface area contributed by atoms with Gasteiger partial charge in [-0.15, -0.1) is 0 Å². The number of benzene rings is 1. The van der Waals surface area contributed by atoms with Gasteiger partial charge < -0.3 is 13.7 Å². The third-order valence-electron chi connectivity index (χ3n) is 4.56. The molecule has 0 aliphatic carbocycles. The summed E-state index contributed by atoms with van der Waals surface area (Å²) >= 11 is 0. The second-order valence-corrected chi connectivity index (χ2v) is 8.38. The maximum Gasteiger partial charge on any atom is 0.254 e. The van der Waals surface area contributed by atoms with Gasteiger partial charge in [0.15, 0.2) is 0 Å². The van der Waals surface area contributed by atoms with Crippen molar-refractivity contribution in [2.24, 2.45) is 0 Å². The molecule has 1 amide bonds. The number of carbonyl (C=O) groups excluding carboxylic acids is 1. The second kappa shape index (κ2) is 9.11. The highest BCUT2D eigenvalue weighted by molar-refractivity contribution is 7.89. The zero-order valence-electron chi connectivity index (χ0n) is 16.4. The van der Waals surface area contributed by atoms with Crippen LogP contribution in [0.4, 0.5) is 0 Å². The van der Waals surface area contributed by atoms with E-state index in [-0.39, 0.29) is 29.5 Å². The zero-order valence-corrected chi connectivity index (χ0v) is 17.3. The Kier molecular flexibility index (Phi) is 6.56. The number of hydrogen-bond donors (Lipinski definition) is 0. The first-order valence-corrected chi connectivity index (χ1v) is 10.8. The summed E-state index contributed by atoms with van der Waals surface area (Å²) in [5.41, 5.74) is 0.288. The number of rotatable bonds is 9. The van der Waals surface area contributed by atoms with E-state index in [1.54, 1.807) is 67.7 Å². The molecule has 2 aromatic heterocycles. The normalized spacial score (nSPS) is 11.7. The van der Waals surface area contributed by atoms with E-state index in [0.29, 0.717) is 24.6 Å². The summed E-state index contributed by atoms with van der Waals surface area (Å²) in [5, 5.41) is 0. The predicted octanol–water partition coefficient (Wildman–Crippen LogP) is 3.75. The van der Waals surface area contributed by atoms with E-state index in [1.807, 2.05) is 0 Å². The van der Waals surface area contributed by atoms with Crippen LogP contribution < -0.4 is 0 Å². The van der Waals surface area contributed by atoms with Gasteiger partial charge in [-0.1, -0.05) is 19.9 Å². The molecule has 0 aliphatic heterocycles. The third kappa shape index (κ3) is 4.78. The van der Waals surface area contributed by atoms with Gasteiger partial charge in [-0.25, -0.2) is 8.42 Å². The van der Waals surface area contributed by atoms with Crippen molar-refractivity contribution >= 4 is 15.9 Å². The van der Waals surface area contributed by atoms with Crippen LogP contribution in [-0.2, 0) is 23.1 Å². The van der Waals surface area contributed by atoms with E-state index >= 15 is 0 Å². The smallest absolute Gasteiger partial charge is 0.254 e. The van der Waals surface area contributed by atoms with Crippen LogP contribution in [0.15, 0.2) is 74.8 Å². The van der Waals surface area contributed by atoms with E-state index in [1.165, 1.54) is 16.4 Å². The average molecular weight is 416 g/mol. The summed E-state index contributed by atoms with van der Waals surface area (Å²) in [6.07, 6.45) is 3.09. The van der Waals surface area contributed by atoms with Crippen LogP contribution in [0.1, 0.15) is 35.7 Å². The summed E-state index contributed by atoms with van der Waals surface area (Å²) in [7, 11) is -3.66. The van der Waals surface area contributed by atoms with Crippen LogP contribution in [0.25, 0.3) is 0 Å². The molecule has 0 atom stereocenters. The number of amides is 1. The van der Waals surface area contributed by atoms with Crippen molar-refractivity contribution in [3.8, 4) is 0 Å². The van der Waals surface area contributed by atoms with Crippen molar-refractivity contribution in [1.82, 2.24) is 9.21 Å². The van der Waals surface area contributed by atoms with Crippen molar-refractivity contribution < 1.29 is 22.0 Å². The highest BCUT2D eigenvalue weighted by Gasteiger charge is 2.24. The fourth-order valence-corrected chi connectivity index (χ4v) is 4.57. The minimum absolute atomic E-state index is 0.1000. The molecule has 154 valence electrons. The molecule has 29 heavy (non-hydrogen) atoms. The lowest BCUT2D eigenvalue weighted by atomic mass is 10.2. The van der Waals surface area contributed by atoms with Crippen molar-refractivity contribution in [3.05, 3.63) is 78.1 Å². The molecule has 8 heteroatoms. The van der Waals surface area contributed by atoms with E-state index in [9.17, 15) is 13.2 Å². The molecule has 0 bridgehead atoms. The quantitative estimate of drug-likeness (QED) is 0.530. The summed E-state index contributed by atoms with van der Waals surface area (Å²) in [6.45, 7) is 4.76. The second-order valence-electron chi connectivity index (χ2n) is 6.44. The average Bonchev–Trinajstić information content (AvgIpc) is 3.42. The first-order valence-electron chi connectivity index (χ1n) is 9.40. The molecule has 0 fully saturated rings. The molecule has 0 radical (unpaired) electrons. The molecule has 0 saturated heterocycles. The van der Waals surface area contributed by atoms with Crippen molar-refractivity contribution in [2.75, 3.05) is 13.1 Å². The van der Waals surface area contributed by atoms with E-state index in [2.05, 4.69) is 0 Å². The lowest BCUT2D eigenvalue weighted by Gasteiger charge is -2.22. The number of carbonyl (C=O) groups is 1. The highest BCUT2D eigenvalue weighted by Crippen LogP contribution is 2.20.